The lowest BCUT2D eigenvalue weighted by molar-refractivity contribution is -0.144. The molecule has 0 aromatic carbocycles. The van der Waals surface area contributed by atoms with E-state index in [0.29, 0.717) is 0 Å². The first-order valence-corrected chi connectivity index (χ1v) is 3.50. The first-order chi connectivity index (χ1) is 4.74. The monoisotopic (exact) mass is 143 g/mol. The van der Waals surface area contributed by atoms with Crippen LogP contribution < -0.4 is 0 Å². The van der Waals surface area contributed by atoms with Crippen LogP contribution in [0.5, 0.6) is 0 Å². The Morgan fingerprint density at radius 3 is 2.80 bits per heavy atom. The molecule has 10 heavy (non-hydrogen) atoms. The second kappa shape index (κ2) is 3.01. The molecular formula is C7H13NO2. The molecule has 0 N–H and O–H groups in total. The minimum absolute atomic E-state index is 0.0654. The van der Waals surface area contributed by atoms with E-state index in [1.807, 2.05) is 7.05 Å². The molecule has 0 aliphatic carbocycles. The Hall–Kier alpha value is -0.570. The van der Waals surface area contributed by atoms with Crippen LogP contribution in [0, 0.1) is 5.92 Å². The number of hydrogen-bond donors (Lipinski definition) is 0. The van der Waals surface area contributed by atoms with Gasteiger partial charge in [0, 0.05) is 6.54 Å². The number of nitrogens with zero attached hydrogens (tertiary/aromatic N) is 1. The standard InChI is InChI=1S/C7H13NO2/c1-8-4-3-6(5-8)7(9)10-2/h6H,3-5H2,1-2H3/t6-/m1/s1. The van der Waals surface area contributed by atoms with Crippen LogP contribution in [0.25, 0.3) is 0 Å². The molecule has 0 bridgehead atoms. The van der Waals surface area contributed by atoms with Gasteiger partial charge in [-0.3, -0.25) is 4.79 Å². The van der Waals surface area contributed by atoms with Crippen LogP contribution in [0.4, 0.5) is 0 Å². The number of esters is 1. The van der Waals surface area contributed by atoms with Crippen molar-refractivity contribution < 1.29 is 9.53 Å². The SMILES string of the molecule is COC(=O)[C@@H]1CCN(C)C1. The van der Waals surface area contributed by atoms with E-state index in [4.69, 9.17) is 0 Å². The van der Waals surface area contributed by atoms with Crippen LogP contribution in [0.1, 0.15) is 6.42 Å². The van der Waals surface area contributed by atoms with Crippen molar-refractivity contribution >= 4 is 5.97 Å². The van der Waals surface area contributed by atoms with Crippen molar-refractivity contribution in [2.75, 3.05) is 27.2 Å². The van der Waals surface area contributed by atoms with Crippen LogP contribution in [0.2, 0.25) is 0 Å². The van der Waals surface area contributed by atoms with Gasteiger partial charge in [-0.1, -0.05) is 0 Å². The van der Waals surface area contributed by atoms with E-state index in [-0.39, 0.29) is 11.9 Å². The third kappa shape index (κ3) is 1.48. The highest BCUT2D eigenvalue weighted by atomic mass is 16.5. The zero-order valence-corrected chi connectivity index (χ0v) is 6.46. The predicted molar refractivity (Wildman–Crippen MR) is 37.6 cm³/mol. The topological polar surface area (TPSA) is 29.5 Å². The fraction of sp³-hybridized carbons (Fsp3) is 0.857. The predicted octanol–water partition coefficient (Wildman–Crippen LogP) is 0.111. The first-order valence-electron chi connectivity index (χ1n) is 3.50. The molecule has 0 amide bonds. The molecule has 3 nitrogen and oxygen atoms in total. The van der Waals surface area contributed by atoms with Gasteiger partial charge in [-0.25, -0.2) is 0 Å². The quantitative estimate of drug-likeness (QED) is 0.488. The second-order valence-corrected chi connectivity index (χ2v) is 2.77. The Balaban J connectivity index is 2.37. The van der Waals surface area contributed by atoms with Gasteiger partial charge >= 0.3 is 5.97 Å². The van der Waals surface area contributed by atoms with Gasteiger partial charge in [0.2, 0.25) is 0 Å². The smallest absolute Gasteiger partial charge is 0.310 e. The Labute approximate surface area is 61.0 Å². The van der Waals surface area contributed by atoms with E-state index < -0.39 is 0 Å². The molecule has 1 aliphatic heterocycles. The largest absolute Gasteiger partial charge is 0.469 e. The Morgan fingerprint density at radius 1 is 1.70 bits per heavy atom. The summed E-state index contributed by atoms with van der Waals surface area (Å²) in [4.78, 5) is 13.1. The van der Waals surface area contributed by atoms with Crippen molar-refractivity contribution in [3.63, 3.8) is 0 Å². The average molecular weight is 143 g/mol. The van der Waals surface area contributed by atoms with Crippen LogP contribution in [0.3, 0.4) is 0 Å². The number of methoxy groups -OCH3 is 1. The maximum absolute atomic E-state index is 10.9. The molecule has 0 aromatic heterocycles. The minimum Gasteiger partial charge on any atom is -0.469 e. The fourth-order valence-corrected chi connectivity index (χ4v) is 1.29. The molecule has 0 spiro atoms. The summed E-state index contributed by atoms with van der Waals surface area (Å²) < 4.78 is 4.62. The van der Waals surface area contributed by atoms with E-state index in [1.165, 1.54) is 7.11 Å². The lowest BCUT2D eigenvalue weighted by Crippen LogP contribution is -2.20. The van der Waals surface area contributed by atoms with Crippen molar-refractivity contribution in [2.24, 2.45) is 5.92 Å². The molecule has 3 heteroatoms. The number of likely N-dealkylation sites (tertiary alicyclic amines) is 1. The van der Waals surface area contributed by atoms with E-state index in [2.05, 4.69) is 9.64 Å². The summed E-state index contributed by atoms with van der Waals surface area (Å²) in [6.45, 7) is 1.87. The van der Waals surface area contributed by atoms with Crippen LogP contribution in [0.15, 0.2) is 0 Å². The van der Waals surface area contributed by atoms with E-state index in [9.17, 15) is 4.79 Å². The summed E-state index contributed by atoms with van der Waals surface area (Å²) >= 11 is 0. The van der Waals surface area contributed by atoms with Gasteiger partial charge in [0.05, 0.1) is 13.0 Å². The summed E-state index contributed by atoms with van der Waals surface area (Å²) in [6.07, 6.45) is 0.948. The summed E-state index contributed by atoms with van der Waals surface area (Å²) in [5, 5.41) is 0. The summed E-state index contributed by atoms with van der Waals surface area (Å²) in [5.41, 5.74) is 0. The third-order valence-electron chi connectivity index (χ3n) is 1.93. The minimum atomic E-state index is -0.0654. The highest BCUT2D eigenvalue weighted by Crippen LogP contribution is 2.14. The molecule has 0 radical (unpaired) electrons. The van der Waals surface area contributed by atoms with Crippen LogP contribution >= 0.6 is 0 Å². The molecule has 1 aliphatic rings. The summed E-state index contributed by atoms with van der Waals surface area (Å²) in [7, 11) is 3.46. The molecule has 58 valence electrons. The Bertz CT molecular complexity index is 136. The zero-order valence-electron chi connectivity index (χ0n) is 6.46. The lowest BCUT2D eigenvalue weighted by Gasteiger charge is -2.06. The highest BCUT2D eigenvalue weighted by Gasteiger charge is 2.26. The Morgan fingerprint density at radius 2 is 2.40 bits per heavy atom. The lowest BCUT2D eigenvalue weighted by atomic mass is 10.1. The third-order valence-corrected chi connectivity index (χ3v) is 1.93. The molecule has 1 fully saturated rings. The average Bonchev–Trinajstić information content (AvgIpc) is 2.34. The maximum atomic E-state index is 10.9. The second-order valence-electron chi connectivity index (χ2n) is 2.77. The van der Waals surface area contributed by atoms with Gasteiger partial charge in [0.1, 0.15) is 0 Å². The van der Waals surface area contributed by atoms with Gasteiger partial charge in [-0.15, -0.1) is 0 Å². The molecule has 0 unspecified atom stereocenters. The van der Waals surface area contributed by atoms with E-state index in [1.54, 1.807) is 0 Å². The van der Waals surface area contributed by atoms with Crippen molar-refractivity contribution in [2.45, 2.75) is 6.42 Å². The Kier molecular flexibility index (Phi) is 2.27. The van der Waals surface area contributed by atoms with Gasteiger partial charge in [0.15, 0.2) is 0 Å². The number of rotatable bonds is 1. The molecule has 1 heterocycles. The molecule has 1 rings (SSSR count). The number of carbonyl (C=O) groups excluding carboxylic acids is 1. The molecule has 1 atom stereocenters. The van der Waals surface area contributed by atoms with Crippen LogP contribution in [-0.4, -0.2) is 38.1 Å². The summed E-state index contributed by atoms with van der Waals surface area (Å²) in [5.74, 6) is 0.0550. The number of ether oxygens (including phenoxy) is 1. The normalized spacial score (nSPS) is 26.8. The van der Waals surface area contributed by atoms with Gasteiger partial charge in [-0.05, 0) is 20.0 Å². The van der Waals surface area contributed by atoms with Crippen molar-refractivity contribution in [3.05, 3.63) is 0 Å². The number of carbonyl (C=O) groups is 1. The van der Waals surface area contributed by atoms with Crippen molar-refractivity contribution in [3.8, 4) is 0 Å². The molecule has 0 aromatic rings. The van der Waals surface area contributed by atoms with E-state index >= 15 is 0 Å². The van der Waals surface area contributed by atoms with Gasteiger partial charge in [-0.2, -0.15) is 0 Å². The number of hydrogen-bond acceptors (Lipinski definition) is 3. The zero-order chi connectivity index (χ0) is 7.56. The first kappa shape index (κ1) is 7.54. The summed E-state index contributed by atoms with van der Waals surface area (Å²) in [6, 6.07) is 0. The van der Waals surface area contributed by atoms with Crippen molar-refractivity contribution in [1.29, 1.82) is 0 Å². The van der Waals surface area contributed by atoms with Crippen molar-refractivity contribution in [1.82, 2.24) is 4.90 Å². The van der Waals surface area contributed by atoms with Gasteiger partial charge < -0.3 is 9.64 Å². The highest BCUT2D eigenvalue weighted by molar-refractivity contribution is 5.72. The van der Waals surface area contributed by atoms with Gasteiger partial charge in [0.25, 0.3) is 0 Å². The molecule has 1 saturated heterocycles. The van der Waals surface area contributed by atoms with Crippen LogP contribution in [-0.2, 0) is 9.53 Å². The molecular weight excluding hydrogens is 130 g/mol. The fourth-order valence-electron chi connectivity index (χ4n) is 1.29. The maximum Gasteiger partial charge on any atom is 0.310 e. The van der Waals surface area contributed by atoms with E-state index in [0.717, 1.165) is 19.5 Å². The molecule has 0 saturated carbocycles.